The predicted molar refractivity (Wildman–Crippen MR) is 123 cm³/mol. The van der Waals surface area contributed by atoms with E-state index in [4.69, 9.17) is 14.6 Å². The molecule has 1 aromatic heterocycles. The smallest absolute Gasteiger partial charge is 0.433 e. The molecule has 0 bridgehead atoms. The molecule has 1 aliphatic rings. The van der Waals surface area contributed by atoms with Gasteiger partial charge in [-0.15, -0.1) is 0 Å². The Morgan fingerprint density at radius 2 is 1.64 bits per heavy atom. The second-order valence-corrected chi connectivity index (χ2v) is 8.23. The Bertz CT molecular complexity index is 1190. The minimum Gasteiger partial charge on any atom is -0.491 e. The van der Waals surface area contributed by atoms with Crippen molar-refractivity contribution in [1.82, 2.24) is 4.98 Å². The number of carboxylic acids is 1. The Labute approximate surface area is 203 Å². The first-order chi connectivity index (χ1) is 17.1. The number of halogens is 3. The van der Waals surface area contributed by atoms with Crippen LogP contribution in [0.2, 0.25) is 0 Å². The number of aliphatic hydroxyl groups excluding tert-OH is 2. The summed E-state index contributed by atoms with van der Waals surface area (Å²) in [6.45, 7) is -0.158. The summed E-state index contributed by atoms with van der Waals surface area (Å²) in [6.07, 6.45) is -8.16. The number of alkyl halides is 3. The zero-order valence-electron chi connectivity index (χ0n) is 18.7. The van der Waals surface area contributed by atoms with Crippen LogP contribution in [0.4, 0.5) is 19.0 Å². The third kappa shape index (κ3) is 5.93. The van der Waals surface area contributed by atoms with Crippen molar-refractivity contribution >= 4 is 11.8 Å². The highest BCUT2D eigenvalue weighted by Crippen LogP contribution is 2.29. The molecule has 4 N–H and O–H groups in total. The van der Waals surface area contributed by atoms with Crippen molar-refractivity contribution < 1.29 is 42.8 Å². The quantitative estimate of drug-likeness (QED) is 0.386. The maximum Gasteiger partial charge on any atom is 0.433 e. The van der Waals surface area contributed by atoms with Crippen LogP contribution in [0.3, 0.4) is 0 Å². The van der Waals surface area contributed by atoms with Crippen LogP contribution < -0.4 is 10.1 Å². The third-order valence-corrected chi connectivity index (χ3v) is 5.74. The van der Waals surface area contributed by atoms with Gasteiger partial charge < -0.3 is 30.1 Å². The molecular formula is C25H23F3N2O6. The van der Waals surface area contributed by atoms with Gasteiger partial charge >= 0.3 is 12.1 Å². The number of nitrogens with zero attached hydrogens (tertiary/aromatic N) is 1. The molecule has 2 heterocycles. The van der Waals surface area contributed by atoms with Crippen molar-refractivity contribution in [3.8, 4) is 16.9 Å². The van der Waals surface area contributed by atoms with Crippen molar-refractivity contribution in [3.63, 3.8) is 0 Å². The van der Waals surface area contributed by atoms with E-state index in [0.717, 1.165) is 17.2 Å². The van der Waals surface area contributed by atoms with Gasteiger partial charge in [0.2, 0.25) is 0 Å². The molecule has 0 amide bonds. The van der Waals surface area contributed by atoms with E-state index in [1.807, 2.05) is 0 Å². The van der Waals surface area contributed by atoms with Crippen molar-refractivity contribution in [2.75, 3.05) is 18.5 Å². The largest absolute Gasteiger partial charge is 0.491 e. The van der Waals surface area contributed by atoms with Crippen LogP contribution in [0, 0.1) is 0 Å². The molecule has 0 radical (unpaired) electrons. The number of rotatable bonds is 7. The lowest BCUT2D eigenvalue weighted by Crippen LogP contribution is -2.57. The Morgan fingerprint density at radius 3 is 2.25 bits per heavy atom. The number of carboxylic acid groups (broad SMARTS) is 1. The lowest BCUT2D eigenvalue weighted by Gasteiger charge is -2.38. The number of anilines is 1. The first-order valence-corrected chi connectivity index (χ1v) is 11.0. The summed E-state index contributed by atoms with van der Waals surface area (Å²) in [5, 5.41) is 32.6. The monoisotopic (exact) mass is 504 g/mol. The fourth-order valence-electron chi connectivity index (χ4n) is 3.75. The number of carbonyl (C=O) groups is 1. The van der Waals surface area contributed by atoms with Gasteiger partial charge in [-0.25, -0.2) is 9.78 Å². The number of hydrogen-bond acceptors (Lipinski definition) is 7. The number of ether oxygens (including phenoxy) is 2. The molecule has 1 saturated heterocycles. The van der Waals surface area contributed by atoms with E-state index in [2.05, 4.69) is 10.3 Å². The van der Waals surface area contributed by atoms with Gasteiger partial charge in [0.25, 0.3) is 0 Å². The van der Waals surface area contributed by atoms with Crippen LogP contribution in [0.5, 0.6) is 5.75 Å². The van der Waals surface area contributed by atoms with Crippen LogP contribution in [0.1, 0.15) is 16.1 Å². The van der Waals surface area contributed by atoms with Gasteiger partial charge in [0, 0.05) is 0 Å². The number of nitrogens with one attached hydrogen (secondary N) is 1. The summed E-state index contributed by atoms with van der Waals surface area (Å²) in [5.41, 5.74) is 0.791. The van der Waals surface area contributed by atoms with Crippen LogP contribution in [0.25, 0.3) is 11.1 Å². The zero-order chi connectivity index (χ0) is 25.9. The van der Waals surface area contributed by atoms with Crippen molar-refractivity contribution in [1.29, 1.82) is 0 Å². The van der Waals surface area contributed by atoms with Crippen LogP contribution in [0.15, 0.2) is 66.7 Å². The van der Waals surface area contributed by atoms with Gasteiger partial charge in [0.05, 0.1) is 18.2 Å². The van der Waals surface area contributed by atoms with Gasteiger partial charge in [0.15, 0.2) is 0 Å². The third-order valence-electron chi connectivity index (χ3n) is 5.74. The Hall–Kier alpha value is -3.67. The standard InChI is InChI=1S/C25H23F3N2O6/c26-25(27,28)20-2-1-3-21(30-20)29-18-12-36-19(23(32)22(18)31)13-35-17-10-8-15(9-11-17)14-4-6-16(7-5-14)24(33)34/h1-11,18-19,22-23,31-32H,12-13H2,(H,29,30)(H,33,34)/t18-,19+,22+,23-/m0/s1. The molecule has 2 aromatic carbocycles. The molecule has 0 unspecified atom stereocenters. The molecule has 190 valence electrons. The molecule has 36 heavy (non-hydrogen) atoms. The van der Waals surface area contributed by atoms with Crippen LogP contribution >= 0.6 is 0 Å². The number of hydrogen-bond donors (Lipinski definition) is 4. The molecule has 0 saturated carbocycles. The molecule has 11 heteroatoms. The first kappa shape index (κ1) is 25.4. The van der Waals surface area contributed by atoms with Gasteiger partial charge in [-0.3, -0.25) is 0 Å². The number of pyridine rings is 1. The summed E-state index contributed by atoms with van der Waals surface area (Å²) in [6, 6.07) is 15.9. The van der Waals surface area contributed by atoms with E-state index in [0.29, 0.717) is 5.75 Å². The normalized spacial score (nSPS) is 22.1. The highest BCUT2D eigenvalue weighted by atomic mass is 19.4. The summed E-state index contributed by atoms with van der Waals surface area (Å²) < 4.78 is 49.9. The second kappa shape index (κ2) is 10.5. The van der Waals surface area contributed by atoms with Crippen molar-refractivity contribution in [3.05, 3.63) is 78.0 Å². The molecule has 0 spiro atoms. The Morgan fingerprint density at radius 1 is 1.00 bits per heavy atom. The molecule has 4 rings (SSSR count). The molecule has 3 aromatic rings. The summed E-state index contributed by atoms with van der Waals surface area (Å²) >= 11 is 0. The highest BCUT2D eigenvalue weighted by Gasteiger charge is 2.39. The van der Waals surface area contributed by atoms with Crippen LogP contribution in [-0.4, -0.2) is 63.8 Å². The van der Waals surface area contributed by atoms with Crippen molar-refractivity contribution in [2.45, 2.75) is 30.5 Å². The van der Waals surface area contributed by atoms with E-state index in [9.17, 15) is 28.2 Å². The minimum atomic E-state index is -4.61. The van der Waals surface area contributed by atoms with E-state index in [-0.39, 0.29) is 24.6 Å². The predicted octanol–water partition coefficient (Wildman–Crippen LogP) is 3.45. The summed E-state index contributed by atoms with van der Waals surface area (Å²) in [5.74, 6) is -0.617. The van der Waals surface area contributed by atoms with Gasteiger partial charge in [-0.05, 0) is 47.5 Å². The second-order valence-electron chi connectivity index (χ2n) is 8.23. The SMILES string of the molecule is O=C(O)c1ccc(-c2ccc(OC[C@H]3OC[C@H](Nc4cccc(C(F)(F)F)n4)[C@@H](O)[C@H]3O)cc2)cc1. The maximum atomic E-state index is 12.9. The maximum absolute atomic E-state index is 12.9. The first-order valence-electron chi connectivity index (χ1n) is 11.0. The topological polar surface area (TPSA) is 121 Å². The summed E-state index contributed by atoms with van der Waals surface area (Å²) in [4.78, 5) is 14.5. The lowest BCUT2D eigenvalue weighted by molar-refractivity contribution is -0.150. The number of aliphatic hydroxyl groups is 2. The van der Waals surface area contributed by atoms with Gasteiger partial charge in [0.1, 0.15) is 42.2 Å². The molecule has 1 aliphatic heterocycles. The molecule has 0 aliphatic carbocycles. The van der Waals surface area contributed by atoms with Crippen molar-refractivity contribution in [2.24, 2.45) is 0 Å². The van der Waals surface area contributed by atoms with Gasteiger partial charge in [-0.1, -0.05) is 30.3 Å². The van der Waals surface area contributed by atoms with E-state index >= 15 is 0 Å². The Balaban J connectivity index is 1.31. The highest BCUT2D eigenvalue weighted by molar-refractivity contribution is 5.88. The lowest BCUT2D eigenvalue weighted by atomic mass is 9.98. The minimum absolute atomic E-state index is 0.0700. The number of aromatic nitrogens is 1. The average molecular weight is 504 g/mol. The van der Waals surface area contributed by atoms with E-state index < -0.39 is 42.2 Å². The molecule has 1 fully saturated rings. The zero-order valence-corrected chi connectivity index (χ0v) is 18.7. The number of aromatic carboxylic acids is 1. The summed E-state index contributed by atoms with van der Waals surface area (Å²) in [7, 11) is 0. The van der Waals surface area contributed by atoms with Crippen LogP contribution in [-0.2, 0) is 10.9 Å². The van der Waals surface area contributed by atoms with Gasteiger partial charge in [-0.2, -0.15) is 13.2 Å². The molecule has 8 nitrogen and oxygen atoms in total. The Kier molecular flexibility index (Phi) is 7.43. The van der Waals surface area contributed by atoms with E-state index in [1.54, 1.807) is 36.4 Å². The average Bonchev–Trinajstić information content (AvgIpc) is 2.86. The fraction of sp³-hybridized carbons (Fsp3) is 0.280. The van der Waals surface area contributed by atoms with E-state index in [1.165, 1.54) is 24.3 Å². The fourth-order valence-corrected chi connectivity index (χ4v) is 3.75. The molecular weight excluding hydrogens is 481 g/mol. The molecule has 4 atom stereocenters. The number of benzene rings is 2.